The summed E-state index contributed by atoms with van der Waals surface area (Å²) in [6.45, 7) is 2.81. The van der Waals surface area contributed by atoms with Crippen molar-refractivity contribution in [3.63, 3.8) is 0 Å². The fourth-order valence-electron chi connectivity index (χ4n) is 4.31. The van der Waals surface area contributed by atoms with Crippen LogP contribution in [0.1, 0.15) is 30.3 Å². The van der Waals surface area contributed by atoms with Crippen LogP contribution in [-0.4, -0.2) is 25.1 Å². The molecule has 0 N–H and O–H groups in total. The van der Waals surface area contributed by atoms with Gasteiger partial charge < -0.3 is 19.0 Å². The monoisotopic (exact) mass is 470 g/mol. The number of para-hydroxylation sites is 2. The number of aliphatic carboxylic acids is 1. The molecule has 168 valence electrons. The van der Waals surface area contributed by atoms with E-state index in [1.807, 2.05) is 55.4 Å². The average Bonchev–Trinajstić information content (AvgIpc) is 3.36. The third kappa shape index (κ3) is 5.03. The number of carbonyl (C=O) groups is 1. The molecule has 5 aromatic rings. The fourth-order valence-corrected chi connectivity index (χ4v) is 4.31. The maximum atomic E-state index is 10.6. The molecule has 0 radical (unpaired) electrons. The second kappa shape index (κ2) is 10.5. The number of nitrogens with zero attached hydrogens (tertiary/aromatic N) is 4. The van der Waals surface area contributed by atoms with E-state index in [2.05, 4.69) is 46.2 Å². The molecule has 5 rings (SSSR count). The maximum Gasteiger partial charge on any atom is 1.00 e. The summed E-state index contributed by atoms with van der Waals surface area (Å²) in [5, 5.41) is 10.6. The molecule has 2 heterocycles. The molecule has 0 fully saturated rings. The number of carbonyl (C=O) groups excluding carboxylic acids is 1. The first-order valence-electron chi connectivity index (χ1n) is 11.3. The summed E-state index contributed by atoms with van der Waals surface area (Å²) in [7, 11) is 2.04. The molecule has 7 heteroatoms. The Kier molecular flexibility index (Phi) is 7.42. The summed E-state index contributed by atoms with van der Waals surface area (Å²) in [4.78, 5) is 20.3. The molecule has 0 aliphatic rings. The van der Waals surface area contributed by atoms with Crippen molar-refractivity contribution in [2.24, 2.45) is 7.05 Å². The molecule has 0 saturated heterocycles. The van der Waals surface area contributed by atoms with E-state index in [0.717, 1.165) is 57.7 Å². The van der Waals surface area contributed by atoms with Crippen LogP contribution in [0.2, 0.25) is 0 Å². The number of fused-ring (bicyclic) bond motifs is 2. The van der Waals surface area contributed by atoms with Crippen molar-refractivity contribution in [3.8, 4) is 23.2 Å². The van der Waals surface area contributed by atoms with Crippen molar-refractivity contribution in [1.29, 1.82) is 0 Å². The van der Waals surface area contributed by atoms with Crippen molar-refractivity contribution in [2.45, 2.75) is 26.3 Å². The van der Waals surface area contributed by atoms with E-state index in [1.54, 1.807) is 0 Å². The van der Waals surface area contributed by atoms with E-state index in [-0.39, 0.29) is 29.6 Å². The third-order valence-electron chi connectivity index (χ3n) is 5.95. The summed E-state index contributed by atoms with van der Waals surface area (Å²) < 4.78 is 4.38. The number of imidazole rings is 2. The SMILES string of the molecule is CCCc1nc2ccc(-c3nc4ccccc4n3C)cc2n1Cc1ccc(C#CC(=O)[O-])cc1.[Na+]. The Morgan fingerprint density at radius 2 is 1.71 bits per heavy atom. The van der Waals surface area contributed by atoms with Crippen molar-refractivity contribution in [2.75, 3.05) is 0 Å². The predicted octanol–water partition coefficient (Wildman–Crippen LogP) is 0.696. The molecule has 6 nitrogen and oxygen atoms in total. The zero-order valence-electron chi connectivity index (χ0n) is 20.1. The zero-order chi connectivity index (χ0) is 23.7. The van der Waals surface area contributed by atoms with Gasteiger partial charge in [-0.05, 0) is 60.4 Å². The molecule has 0 spiro atoms. The van der Waals surface area contributed by atoms with Gasteiger partial charge in [-0.25, -0.2) is 9.97 Å². The minimum absolute atomic E-state index is 0. The van der Waals surface area contributed by atoms with Crippen molar-refractivity contribution >= 4 is 28.0 Å². The Balaban J connectivity index is 0.00000289. The van der Waals surface area contributed by atoms with Crippen molar-refractivity contribution < 1.29 is 39.5 Å². The van der Waals surface area contributed by atoms with E-state index in [0.29, 0.717) is 12.1 Å². The van der Waals surface area contributed by atoms with Gasteiger partial charge in [-0.1, -0.05) is 37.1 Å². The summed E-state index contributed by atoms with van der Waals surface area (Å²) in [6.07, 6.45) is 1.88. The molecule has 0 bridgehead atoms. The van der Waals surface area contributed by atoms with Gasteiger partial charge in [0.25, 0.3) is 0 Å². The first kappa shape index (κ1) is 24.7. The van der Waals surface area contributed by atoms with Crippen LogP contribution >= 0.6 is 0 Å². The number of carboxylic acid groups (broad SMARTS) is 1. The van der Waals surface area contributed by atoms with Gasteiger partial charge >= 0.3 is 29.6 Å². The van der Waals surface area contributed by atoms with Gasteiger partial charge in [-0.2, -0.15) is 0 Å². The smallest absolute Gasteiger partial charge is 0.537 e. The summed E-state index contributed by atoms with van der Waals surface area (Å²) in [5.74, 6) is 5.22. The molecule has 0 atom stereocenters. The van der Waals surface area contributed by atoms with Gasteiger partial charge in [-0.15, -0.1) is 0 Å². The Bertz CT molecular complexity index is 1590. The number of rotatable bonds is 5. The Morgan fingerprint density at radius 1 is 0.971 bits per heavy atom. The van der Waals surface area contributed by atoms with Crippen LogP contribution in [0, 0.1) is 11.8 Å². The van der Waals surface area contributed by atoms with Crippen LogP contribution in [-0.2, 0) is 24.8 Å². The Hall–Kier alpha value is -3.37. The molecule has 0 unspecified atom stereocenters. The number of hydrogen-bond donors (Lipinski definition) is 0. The summed E-state index contributed by atoms with van der Waals surface area (Å²) in [5.41, 5.74) is 6.87. The van der Waals surface area contributed by atoms with Gasteiger partial charge in [0.2, 0.25) is 0 Å². The van der Waals surface area contributed by atoms with Gasteiger partial charge in [0.05, 0.1) is 22.1 Å². The van der Waals surface area contributed by atoms with Crippen LogP contribution in [0.25, 0.3) is 33.5 Å². The molecular formula is C28H23N4NaO2. The van der Waals surface area contributed by atoms with E-state index < -0.39 is 5.97 Å². The molecule has 3 aromatic carbocycles. The minimum Gasteiger partial charge on any atom is -0.537 e. The number of aromatic nitrogens is 4. The molecule has 0 aliphatic carbocycles. The Labute approximate surface area is 225 Å². The topological polar surface area (TPSA) is 75.8 Å². The van der Waals surface area contributed by atoms with Crippen LogP contribution in [0.3, 0.4) is 0 Å². The fraction of sp³-hybridized carbons (Fsp3) is 0.179. The average molecular weight is 471 g/mol. The molecule has 2 aromatic heterocycles. The number of hydrogen-bond acceptors (Lipinski definition) is 4. The zero-order valence-corrected chi connectivity index (χ0v) is 22.1. The molecule has 35 heavy (non-hydrogen) atoms. The van der Waals surface area contributed by atoms with Crippen LogP contribution in [0.4, 0.5) is 0 Å². The molecule has 0 saturated carbocycles. The van der Waals surface area contributed by atoms with Crippen LogP contribution in [0.5, 0.6) is 0 Å². The largest absolute Gasteiger partial charge is 1.00 e. The van der Waals surface area contributed by atoms with Crippen molar-refractivity contribution in [3.05, 3.63) is 83.7 Å². The van der Waals surface area contributed by atoms with E-state index in [4.69, 9.17) is 9.97 Å². The second-order valence-corrected chi connectivity index (χ2v) is 8.29. The van der Waals surface area contributed by atoms with E-state index >= 15 is 0 Å². The van der Waals surface area contributed by atoms with Gasteiger partial charge in [-0.3, -0.25) is 0 Å². The normalized spacial score (nSPS) is 10.7. The summed E-state index contributed by atoms with van der Waals surface area (Å²) >= 11 is 0. The third-order valence-corrected chi connectivity index (χ3v) is 5.95. The minimum atomic E-state index is -1.38. The van der Waals surface area contributed by atoms with Gasteiger partial charge in [0, 0.05) is 31.1 Å². The standard InChI is InChI=1S/C28H24N4O2.Na/c1-3-6-26-29-23-15-14-21(28-30-22-7-4-5-8-24(22)31(28)2)17-25(23)32(26)18-20-11-9-19(10-12-20)13-16-27(33)34;/h4-5,7-12,14-15,17H,3,6,18H2,1-2H3,(H,33,34);/q;+1/p-1. The van der Waals surface area contributed by atoms with Crippen LogP contribution in [0.15, 0.2) is 66.7 Å². The van der Waals surface area contributed by atoms with Gasteiger partial charge in [0.15, 0.2) is 0 Å². The van der Waals surface area contributed by atoms with Crippen LogP contribution < -0.4 is 34.7 Å². The van der Waals surface area contributed by atoms with E-state index in [9.17, 15) is 9.90 Å². The van der Waals surface area contributed by atoms with E-state index in [1.165, 1.54) is 0 Å². The maximum absolute atomic E-state index is 10.6. The van der Waals surface area contributed by atoms with Gasteiger partial charge in [0.1, 0.15) is 17.6 Å². The summed E-state index contributed by atoms with van der Waals surface area (Å²) in [6, 6.07) is 22.1. The second-order valence-electron chi connectivity index (χ2n) is 8.29. The molecule has 0 aliphatic heterocycles. The number of carboxylic acids is 1. The quantitative estimate of drug-likeness (QED) is 0.280. The predicted molar refractivity (Wildman–Crippen MR) is 131 cm³/mol. The van der Waals surface area contributed by atoms with Crippen molar-refractivity contribution in [1.82, 2.24) is 19.1 Å². The Morgan fingerprint density at radius 3 is 2.43 bits per heavy atom. The molecule has 0 amide bonds. The first-order chi connectivity index (χ1) is 16.5. The first-order valence-corrected chi connectivity index (χ1v) is 11.3. The molecular weight excluding hydrogens is 447 g/mol. The number of benzene rings is 3. The number of aryl methyl sites for hydroxylation is 2.